The first kappa shape index (κ1) is 15.9. The van der Waals surface area contributed by atoms with E-state index in [1.807, 2.05) is 20.8 Å². The molecule has 1 unspecified atom stereocenters. The van der Waals surface area contributed by atoms with Crippen molar-refractivity contribution in [2.45, 2.75) is 26.8 Å². The minimum absolute atomic E-state index is 0.0686. The first-order chi connectivity index (χ1) is 9.62. The molecule has 2 heterocycles. The van der Waals surface area contributed by atoms with Gasteiger partial charge in [0.1, 0.15) is 0 Å². The van der Waals surface area contributed by atoms with Gasteiger partial charge in [0, 0.05) is 12.7 Å². The van der Waals surface area contributed by atoms with E-state index in [1.165, 1.54) is 23.2 Å². The minimum atomic E-state index is -3.18. The van der Waals surface area contributed by atoms with Gasteiger partial charge in [-0.1, -0.05) is 20.8 Å². The zero-order valence-electron chi connectivity index (χ0n) is 12.3. The third-order valence-corrected chi connectivity index (χ3v) is 5.28. The van der Waals surface area contributed by atoms with Crippen molar-refractivity contribution in [3.63, 3.8) is 0 Å². The van der Waals surface area contributed by atoms with Gasteiger partial charge < -0.3 is 4.90 Å². The summed E-state index contributed by atoms with van der Waals surface area (Å²) in [4.78, 5) is 17.7. The fraction of sp³-hybridized carbons (Fsp3) is 0.571. The lowest BCUT2D eigenvalue weighted by atomic mass is 9.86. The summed E-state index contributed by atoms with van der Waals surface area (Å²) in [6.45, 7) is 5.67. The van der Waals surface area contributed by atoms with E-state index >= 15 is 0 Å². The summed E-state index contributed by atoms with van der Waals surface area (Å²) in [5.41, 5.74) is -0.681. The number of amides is 1. The first-order valence-corrected chi connectivity index (χ1v) is 8.56. The summed E-state index contributed by atoms with van der Waals surface area (Å²) in [7, 11) is -3.18. The molecule has 2 rings (SSSR count). The van der Waals surface area contributed by atoms with Gasteiger partial charge in [-0.25, -0.2) is 17.8 Å². The molecule has 1 aliphatic heterocycles. The van der Waals surface area contributed by atoms with Gasteiger partial charge in [-0.3, -0.25) is 4.79 Å². The molecule has 0 spiro atoms. The van der Waals surface area contributed by atoms with Crippen LogP contribution in [0.3, 0.4) is 0 Å². The van der Waals surface area contributed by atoms with Gasteiger partial charge in [0.2, 0.25) is 0 Å². The molecule has 0 aliphatic carbocycles. The molecule has 0 aromatic carbocycles. The van der Waals surface area contributed by atoms with Gasteiger partial charge in [-0.15, -0.1) is 0 Å². The van der Waals surface area contributed by atoms with E-state index in [2.05, 4.69) is 4.98 Å². The number of carbonyl (C=O) groups excluding carboxylic acids is 1. The fourth-order valence-corrected chi connectivity index (χ4v) is 4.25. The molecule has 1 atom stereocenters. The highest BCUT2D eigenvalue weighted by molar-refractivity contribution is 7.91. The van der Waals surface area contributed by atoms with Gasteiger partial charge in [0.05, 0.1) is 17.5 Å². The number of sulfone groups is 1. The Morgan fingerprint density at radius 3 is 2.67 bits per heavy atom. The lowest BCUT2D eigenvalue weighted by Gasteiger charge is -2.42. The molecular formula is C14H19FN2O3S. The summed E-state index contributed by atoms with van der Waals surface area (Å²) in [6, 6.07) is 2.09. The summed E-state index contributed by atoms with van der Waals surface area (Å²) in [5, 5.41) is 0. The molecule has 1 aliphatic rings. The maximum Gasteiger partial charge on any atom is 0.275 e. The SMILES string of the molecule is CC(C)(C)C1CS(=O)(=O)CCN1C(=O)c1ncccc1F. The molecule has 5 nitrogen and oxygen atoms in total. The third-order valence-electron chi connectivity index (χ3n) is 3.65. The Morgan fingerprint density at radius 1 is 1.43 bits per heavy atom. The average molecular weight is 314 g/mol. The van der Waals surface area contributed by atoms with Crippen LogP contribution in [0.1, 0.15) is 31.3 Å². The van der Waals surface area contributed by atoms with E-state index < -0.39 is 33.0 Å². The average Bonchev–Trinajstić information content (AvgIpc) is 2.36. The highest BCUT2D eigenvalue weighted by Crippen LogP contribution is 2.29. The van der Waals surface area contributed by atoms with Crippen LogP contribution in [0.4, 0.5) is 4.39 Å². The van der Waals surface area contributed by atoms with Crippen molar-refractivity contribution in [3.8, 4) is 0 Å². The zero-order chi connectivity index (χ0) is 15.8. The quantitative estimate of drug-likeness (QED) is 0.788. The van der Waals surface area contributed by atoms with E-state index in [1.54, 1.807) is 0 Å². The normalized spacial score (nSPS) is 22.1. The van der Waals surface area contributed by atoms with Crippen LogP contribution in [0.2, 0.25) is 0 Å². The van der Waals surface area contributed by atoms with Crippen LogP contribution >= 0.6 is 0 Å². The van der Waals surface area contributed by atoms with Crippen molar-refractivity contribution in [2.24, 2.45) is 5.41 Å². The van der Waals surface area contributed by atoms with E-state index in [0.29, 0.717) is 0 Å². The van der Waals surface area contributed by atoms with Crippen molar-refractivity contribution in [1.29, 1.82) is 0 Å². The monoisotopic (exact) mass is 314 g/mol. The standard InChI is InChI=1S/C14H19FN2O3S/c1-14(2,3)11-9-21(19,20)8-7-17(11)13(18)12-10(15)5-4-6-16-12/h4-6,11H,7-9H2,1-3H3. The highest BCUT2D eigenvalue weighted by Gasteiger charge is 2.41. The molecule has 0 radical (unpaired) electrons. The number of aromatic nitrogens is 1. The maximum absolute atomic E-state index is 13.7. The number of pyridine rings is 1. The second kappa shape index (κ2) is 5.36. The van der Waals surface area contributed by atoms with Gasteiger partial charge in [0.15, 0.2) is 21.3 Å². The fourth-order valence-electron chi connectivity index (χ4n) is 2.45. The molecule has 0 saturated carbocycles. The van der Waals surface area contributed by atoms with Crippen LogP contribution in [0, 0.1) is 11.2 Å². The molecular weight excluding hydrogens is 295 g/mol. The van der Waals surface area contributed by atoms with Crippen molar-refractivity contribution < 1.29 is 17.6 Å². The summed E-state index contributed by atoms with van der Waals surface area (Å²) < 4.78 is 37.4. The van der Waals surface area contributed by atoms with Gasteiger partial charge >= 0.3 is 0 Å². The van der Waals surface area contributed by atoms with Crippen molar-refractivity contribution in [1.82, 2.24) is 9.88 Å². The van der Waals surface area contributed by atoms with Crippen LogP contribution in [0.5, 0.6) is 0 Å². The second-order valence-corrected chi connectivity index (χ2v) is 8.56. The first-order valence-electron chi connectivity index (χ1n) is 6.74. The van der Waals surface area contributed by atoms with Crippen LogP contribution in [-0.4, -0.2) is 48.3 Å². The topological polar surface area (TPSA) is 67.3 Å². The predicted molar refractivity (Wildman–Crippen MR) is 77.1 cm³/mol. The number of halogens is 1. The second-order valence-electron chi connectivity index (χ2n) is 6.33. The Kier molecular flexibility index (Phi) is 4.06. The Balaban J connectivity index is 2.37. The molecule has 21 heavy (non-hydrogen) atoms. The van der Waals surface area contributed by atoms with Crippen LogP contribution in [0.25, 0.3) is 0 Å². The van der Waals surface area contributed by atoms with Crippen molar-refractivity contribution >= 4 is 15.7 Å². The highest BCUT2D eigenvalue weighted by atomic mass is 32.2. The van der Waals surface area contributed by atoms with Crippen LogP contribution in [-0.2, 0) is 9.84 Å². The Bertz CT molecular complexity index is 652. The van der Waals surface area contributed by atoms with Gasteiger partial charge in [-0.2, -0.15) is 0 Å². The van der Waals surface area contributed by atoms with Gasteiger partial charge in [0.25, 0.3) is 5.91 Å². The summed E-state index contributed by atoms with van der Waals surface area (Å²) >= 11 is 0. The molecule has 1 aromatic heterocycles. The molecule has 1 amide bonds. The number of carbonyl (C=O) groups is 1. The minimum Gasteiger partial charge on any atom is -0.332 e. The third kappa shape index (κ3) is 3.40. The van der Waals surface area contributed by atoms with E-state index in [-0.39, 0.29) is 23.7 Å². The van der Waals surface area contributed by atoms with Crippen LogP contribution < -0.4 is 0 Å². The van der Waals surface area contributed by atoms with Gasteiger partial charge in [-0.05, 0) is 17.5 Å². The molecule has 1 saturated heterocycles. The van der Waals surface area contributed by atoms with E-state index in [0.717, 1.165) is 0 Å². The number of nitrogens with zero attached hydrogens (tertiary/aromatic N) is 2. The molecule has 7 heteroatoms. The number of hydrogen-bond donors (Lipinski definition) is 0. The molecule has 1 fully saturated rings. The number of rotatable bonds is 1. The largest absolute Gasteiger partial charge is 0.332 e. The molecule has 0 N–H and O–H groups in total. The lowest BCUT2D eigenvalue weighted by Crippen LogP contribution is -2.56. The van der Waals surface area contributed by atoms with Crippen molar-refractivity contribution in [2.75, 3.05) is 18.1 Å². The molecule has 0 bridgehead atoms. The van der Waals surface area contributed by atoms with Crippen LogP contribution in [0.15, 0.2) is 18.3 Å². The number of hydrogen-bond acceptors (Lipinski definition) is 4. The van der Waals surface area contributed by atoms with E-state index in [9.17, 15) is 17.6 Å². The summed E-state index contributed by atoms with van der Waals surface area (Å²) in [6.07, 6.45) is 1.35. The smallest absolute Gasteiger partial charge is 0.275 e. The Labute approximate surface area is 124 Å². The Hall–Kier alpha value is -1.50. The predicted octanol–water partition coefficient (Wildman–Crippen LogP) is 1.51. The zero-order valence-corrected chi connectivity index (χ0v) is 13.2. The molecule has 1 aromatic rings. The molecule has 116 valence electrons. The lowest BCUT2D eigenvalue weighted by molar-refractivity contribution is 0.0551. The summed E-state index contributed by atoms with van der Waals surface area (Å²) in [5.74, 6) is -1.44. The Morgan fingerprint density at radius 2 is 2.10 bits per heavy atom. The van der Waals surface area contributed by atoms with Crippen molar-refractivity contribution in [3.05, 3.63) is 29.8 Å². The maximum atomic E-state index is 13.7. The van der Waals surface area contributed by atoms with E-state index in [4.69, 9.17) is 0 Å².